The molecule has 12 heteroatoms. The van der Waals surface area contributed by atoms with Crippen molar-refractivity contribution in [2.75, 3.05) is 6.54 Å². The number of carbonyl (C=O) groups excluding carboxylic acids is 3. The van der Waals surface area contributed by atoms with Gasteiger partial charge in [0.05, 0.1) is 0 Å². The van der Waals surface area contributed by atoms with E-state index in [1.807, 2.05) is 12.1 Å². The fourth-order valence-electron chi connectivity index (χ4n) is 5.61. The zero-order valence-corrected chi connectivity index (χ0v) is 32.3. The number of carboxylic acid groups (broad SMARTS) is 2. The van der Waals surface area contributed by atoms with Crippen molar-refractivity contribution in [3.05, 3.63) is 29.8 Å². The molecule has 0 saturated carbocycles. The number of nitrogens with one attached hydrogen (secondary N) is 3. The van der Waals surface area contributed by atoms with Gasteiger partial charge in [0, 0.05) is 6.42 Å². The van der Waals surface area contributed by atoms with Crippen molar-refractivity contribution in [2.45, 2.75) is 143 Å². The molecule has 0 aliphatic carbocycles. The molecule has 0 radical (unpaired) electrons. The van der Waals surface area contributed by atoms with Crippen LogP contribution in [0.2, 0.25) is 13.3 Å². The summed E-state index contributed by atoms with van der Waals surface area (Å²) in [5.74, 6) is -3.40. The first-order valence-electron chi connectivity index (χ1n) is 17.3. The predicted molar refractivity (Wildman–Crippen MR) is 187 cm³/mol. The van der Waals surface area contributed by atoms with Crippen molar-refractivity contribution in [2.24, 2.45) is 0 Å². The molecule has 0 unspecified atom stereocenters. The third-order valence-electron chi connectivity index (χ3n) is 8.24. The van der Waals surface area contributed by atoms with Crippen molar-refractivity contribution < 1.29 is 38.9 Å². The van der Waals surface area contributed by atoms with Gasteiger partial charge >= 0.3 is 202 Å². The molecule has 0 aliphatic rings. The summed E-state index contributed by atoms with van der Waals surface area (Å²) in [6.45, 7) is 12.2. The maximum absolute atomic E-state index is 13.0. The molecule has 1 aromatic rings. The van der Waals surface area contributed by atoms with Gasteiger partial charge in [-0.1, -0.05) is 0 Å². The molecule has 0 aromatic heterocycles. The molecule has 2 atom stereocenters. The van der Waals surface area contributed by atoms with E-state index in [-0.39, 0.29) is 18.7 Å². The fourth-order valence-corrected chi connectivity index (χ4v) is 21.5. The monoisotopic (exact) mass is 769 g/mol. The van der Waals surface area contributed by atoms with E-state index in [4.69, 9.17) is 9.84 Å². The number of amides is 3. The number of carboxylic acids is 2. The number of benzene rings is 1. The second kappa shape index (κ2) is 21.9. The SMILES string of the molecule is CCC[CH2][Sn]([CH2]CCC)([CH2]CCC)[c]1ccc(C(=O)NCCCC[C@@H](NC(=O)N[C@H](CCC(=O)O)C(=O)O)C(=O)OC(C)(C)C)cc1. The van der Waals surface area contributed by atoms with Gasteiger partial charge in [-0.2, -0.15) is 0 Å². The Hall–Kier alpha value is -2.83. The molecule has 0 saturated heterocycles. The van der Waals surface area contributed by atoms with Crippen LogP contribution in [0, 0.1) is 0 Å². The first kappa shape index (κ1) is 42.2. The maximum atomic E-state index is 13.0. The molecular formula is C35H59N3O8Sn. The first-order chi connectivity index (χ1) is 22.2. The molecule has 1 aromatic carbocycles. The van der Waals surface area contributed by atoms with Crippen LogP contribution in [-0.2, 0) is 19.1 Å². The first-order valence-corrected chi connectivity index (χ1v) is 24.8. The minimum atomic E-state index is -2.57. The van der Waals surface area contributed by atoms with Crippen molar-refractivity contribution in [3.63, 3.8) is 0 Å². The van der Waals surface area contributed by atoms with Crippen LogP contribution in [0.5, 0.6) is 0 Å². The molecule has 0 aliphatic heterocycles. The molecular weight excluding hydrogens is 709 g/mol. The van der Waals surface area contributed by atoms with E-state index in [0.29, 0.717) is 24.9 Å². The van der Waals surface area contributed by atoms with Gasteiger partial charge in [0.1, 0.15) is 11.6 Å². The summed E-state index contributed by atoms with van der Waals surface area (Å²) < 4.78 is 11.1. The van der Waals surface area contributed by atoms with Crippen molar-refractivity contribution >= 4 is 51.8 Å². The average molecular weight is 769 g/mol. The Bertz CT molecular complexity index is 1110. The second-order valence-corrected chi connectivity index (χ2v) is 26.7. The number of aliphatic carboxylic acids is 2. The second-order valence-electron chi connectivity index (χ2n) is 13.4. The van der Waals surface area contributed by atoms with Gasteiger partial charge in [-0.15, -0.1) is 0 Å². The molecule has 5 N–H and O–H groups in total. The molecule has 11 nitrogen and oxygen atoms in total. The van der Waals surface area contributed by atoms with E-state index in [0.717, 1.165) is 0 Å². The summed E-state index contributed by atoms with van der Waals surface area (Å²) in [7, 11) is 0. The summed E-state index contributed by atoms with van der Waals surface area (Å²) in [5.41, 5.74) is -0.190. The quantitative estimate of drug-likeness (QED) is 0.0515. The Kier molecular flexibility index (Phi) is 19.7. The van der Waals surface area contributed by atoms with E-state index >= 15 is 0 Å². The zero-order chi connectivity index (χ0) is 35.5. The standard InChI is InChI=1S/C23H32N3O8.3C4H9.Sn/c1-23(2,3)34-21(32)17(26-22(33)25-16(20(30)31)12-13-18(27)28)11-7-8-14-24-19(29)15-9-5-4-6-10-15;3*1-3-4-2;/h5-6,9-10,16-17H,7-8,11-14H2,1-3H3,(H,24,29)(H,27,28)(H,30,31)(H2,25,26,33);3*1,3-4H2,2H3;/t16-,17-;;;;/m1..../s1. The van der Waals surface area contributed by atoms with Gasteiger partial charge in [-0.3, -0.25) is 4.79 Å². The van der Waals surface area contributed by atoms with Gasteiger partial charge in [0.2, 0.25) is 0 Å². The number of urea groups is 1. The van der Waals surface area contributed by atoms with Crippen molar-refractivity contribution in [3.8, 4) is 0 Å². The molecule has 3 amide bonds. The zero-order valence-electron chi connectivity index (χ0n) is 29.4. The van der Waals surface area contributed by atoms with Crippen LogP contribution in [-0.4, -0.2) is 82.7 Å². The van der Waals surface area contributed by atoms with Crippen LogP contribution in [0.25, 0.3) is 0 Å². The summed E-state index contributed by atoms with van der Waals surface area (Å²) in [4.78, 5) is 60.7. The van der Waals surface area contributed by atoms with E-state index in [2.05, 4.69) is 48.9 Å². The summed E-state index contributed by atoms with van der Waals surface area (Å²) in [6.07, 6.45) is 7.89. The van der Waals surface area contributed by atoms with Crippen LogP contribution in [0.1, 0.15) is 123 Å². The minimum absolute atomic E-state index is 0.157. The van der Waals surface area contributed by atoms with E-state index in [1.165, 1.54) is 55.4 Å². The Morgan fingerprint density at radius 2 is 1.30 bits per heavy atom. The van der Waals surface area contributed by atoms with Crippen LogP contribution in [0.4, 0.5) is 4.79 Å². The Balaban J connectivity index is 2.82. The third-order valence-corrected chi connectivity index (χ3v) is 23.9. The molecule has 0 spiro atoms. The van der Waals surface area contributed by atoms with Crippen molar-refractivity contribution in [1.29, 1.82) is 0 Å². The third kappa shape index (κ3) is 16.7. The van der Waals surface area contributed by atoms with E-state index < -0.39 is 66.4 Å². The molecule has 0 heterocycles. The molecule has 0 fully saturated rings. The normalized spacial score (nSPS) is 12.9. The number of rotatable bonds is 23. The summed E-state index contributed by atoms with van der Waals surface area (Å²) >= 11 is -2.57. The summed E-state index contributed by atoms with van der Waals surface area (Å²) in [6, 6.07) is 4.94. The topological polar surface area (TPSA) is 171 Å². The summed E-state index contributed by atoms with van der Waals surface area (Å²) in [5, 5.41) is 25.8. The van der Waals surface area contributed by atoms with Gasteiger partial charge in [-0.25, -0.2) is 14.4 Å². The van der Waals surface area contributed by atoms with E-state index in [9.17, 15) is 29.1 Å². The van der Waals surface area contributed by atoms with Crippen molar-refractivity contribution in [1.82, 2.24) is 16.0 Å². The number of ether oxygens (including phenoxy) is 1. The molecule has 47 heavy (non-hydrogen) atoms. The van der Waals surface area contributed by atoms with Gasteiger partial charge in [0.15, 0.2) is 0 Å². The predicted octanol–water partition coefficient (Wildman–Crippen LogP) is 5.97. The van der Waals surface area contributed by atoms with Crippen LogP contribution in [0.15, 0.2) is 24.3 Å². The number of hydrogen-bond acceptors (Lipinski definition) is 6. The van der Waals surface area contributed by atoms with E-state index in [1.54, 1.807) is 20.8 Å². The van der Waals surface area contributed by atoms with Crippen LogP contribution < -0.4 is 19.5 Å². The Labute approximate surface area is 285 Å². The van der Waals surface area contributed by atoms with Gasteiger partial charge in [0.25, 0.3) is 0 Å². The number of esters is 1. The number of carbonyl (C=O) groups is 5. The Morgan fingerprint density at radius 1 is 0.766 bits per heavy atom. The molecule has 0 bridgehead atoms. The Morgan fingerprint density at radius 3 is 1.77 bits per heavy atom. The van der Waals surface area contributed by atoms with Gasteiger partial charge in [-0.05, 0) is 27.2 Å². The van der Waals surface area contributed by atoms with Crippen LogP contribution in [0.3, 0.4) is 0 Å². The molecule has 266 valence electrons. The average Bonchev–Trinajstić information content (AvgIpc) is 3.01. The van der Waals surface area contributed by atoms with Gasteiger partial charge < -0.3 is 20.3 Å². The van der Waals surface area contributed by atoms with Crippen LogP contribution >= 0.6 is 0 Å². The number of unbranched alkanes of at least 4 members (excludes halogenated alkanes) is 4. The number of hydrogen-bond donors (Lipinski definition) is 5. The molecule has 1 rings (SSSR count). The fraction of sp³-hybridized carbons (Fsp3) is 0.686.